The second-order valence-electron chi connectivity index (χ2n) is 4.40. The zero-order chi connectivity index (χ0) is 12.8. The van der Waals surface area contributed by atoms with Gasteiger partial charge in [0.05, 0.1) is 19.1 Å². The minimum atomic E-state index is -0.169. The fourth-order valence-electron chi connectivity index (χ4n) is 1.47. The Kier molecular flexibility index (Phi) is 5.65. The molecule has 3 nitrogen and oxygen atoms in total. The van der Waals surface area contributed by atoms with Crippen LogP contribution in [-0.4, -0.2) is 23.7 Å². The van der Waals surface area contributed by atoms with Crippen molar-refractivity contribution < 1.29 is 9.90 Å². The smallest absolute Gasteiger partial charge is 0.224 e. The quantitative estimate of drug-likeness (QED) is 0.875. The summed E-state index contributed by atoms with van der Waals surface area (Å²) in [6.45, 7) is 3.92. The van der Waals surface area contributed by atoms with E-state index in [1.807, 2.05) is 38.1 Å². The summed E-state index contributed by atoms with van der Waals surface area (Å²) in [4.78, 5) is 11.7. The molecule has 17 heavy (non-hydrogen) atoms. The first kappa shape index (κ1) is 14.2. The van der Waals surface area contributed by atoms with Gasteiger partial charge in [-0.3, -0.25) is 4.79 Å². The highest BCUT2D eigenvalue weighted by molar-refractivity contribution is 9.10. The Morgan fingerprint density at radius 3 is 2.41 bits per heavy atom. The average molecular weight is 300 g/mol. The zero-order valence-corrected chi connectivity index (χ0v) is 11.7. The summed E-state index contributed by atoms with van der Waals surface area (Å²) in [5, 5.41) is 12.0. The maximum Gasteiger partial charge on any atom is 0.224 e. The average Bonchev–Trinajstić information content (AvgIpc) is 2.28. The lowest BCUT2D eigenvalue weighted by molar-refractivity contribution is -0.121. The van der Waals surface area contributed by atoms with Gasteiger partial charge in [0.15, 0.2) is 0 Å². The molecule has 0 aliphatic rings. The molecule has 2 N–H and O–H groups in total. The largest absolute Gasteiger partial charge is 0.394 e. The number of hydrogen-bond donors (Lipinski definition) is 2. The van der Waals surface area contributed by atoms with Crippen molar-refractivity contribution >= 4 is 21.8 Å². The Morgan fingerprint density at radius 1 is 1.35 bits per heavy atom. The minimum absolute atomic E-state index is 0.0241. The van der Waals surface area contributed by atoms with Gasteiger partial charge in [0.1, 0.15) is 0 Å². The second-order valence-corrected chi connectivity index (χ2v) is 5.32. The summed E-state index contributed by atoms with van der Waals surface area (Å²) in [6, 6.07) is 7.47. The van der Waals surface area contributed by atoms with Crippen LogP contribution in [0.15, 0.2) is 28.7 Å². The minimum Gasteiger partial charge on any atom is -0.394 e. The van der Waals surface area contributed by atoms with Crippen molar-refractivity contribution in [2.75, 3.05) is 6.61 Å². The molecule has 0 saturated heterocycles. The Morgan fingerprint density at radius 2 is 1.94 bits per heavy atom. The molecule has 4 heteroatoms. The van der Waals surface area contributed by atoms with E-state index in [0.717, 1.165) is 10.0 Å². The first-order valence-electron chi connectivity index (χ1n) is 5.67. The molecule has 0 unspecified atom stereocenters. The number of halogens is 1. The van der Waals surface area contributed by atoms with Crippen LogP contribution in [0.1, 0.15) is 19.4 Å². The molecule has 0 aromatic heterocycles. The molecule has 0 saturated carbocycles. The Balaban J connectivity index is 2.52. The number of nitrogens with one attached hydrogen (secondary N) is 1. The third-order valence-corrected chi connectivity index (χ3v) is 3.15. The van der Waals surface area contributed by atoms with E-state index >= 15 is 0 Å². The summed E-state index contributed by atoms with van der Waals surface area (Å²) in [5.74, 6) is 0.175. The Bertz CT molecular complexity index is 362. The molecule has 0 fully saturated rings. The van der Waals surface area contributed by atoms with Crippen LogP contribution in [0.5, 0.6) is 0 Å². The molecule has 0 radical (unpaired) electrons. The number of hydrogen-bond acceptors (Lipinski definition) is 2. The summed E-state index contributed by atoms with van der Waals surface area (Å²) < 4.78 is 0.997. The number of carbonyl (C=O) groups is 1. The van der Waals surface area contributed by atoms with E-state index in [4.69, 9.17) is 5.11 Å². The van der Waals surface area contributed by atoms with E-state index in [1.165, 1.54) is 0 Å². The molecule has 1 atom stereocenters. The summed E-state index contributed by atoms with van der Waals surface area (Å²) in [6.07, 6.45) is 0.344. The van der Waals surface area contributed by atoms with E-state index in [0.29, 0.717) is 6.42 Å². The fourth-order valence-corrected chi connectivity index (χ4v) is 1.73. The number of benzene rings is 1. The van der Waals surface area contributed by atoms with Gasteiger partial charge in [-0.05, 0) is 23.6 Å². The maximum absolute atomic E-state index is 11.7. The van der Waals surface area contributed by atoms with Crippen LogP contribution in [0, 0.1) is 5.92 Å². The molecule has 0 aliphatic carbocycles. The first-order valence-corrected chi connectivity index (χ1v) is 6.47. The lowest BCUT2D eigenvalue weighted by Crippen LogP contribution is -2.41. The van der Waals surface area contributed by atoms with E-state index in [9.17, 15) is 4.79 Å². The zero-order valence-electron chi connectivity index (χ0n) is 10.1. The van der Waals surface area contributed by atoms with Crippen LogP contribution in [0.2, 0.25) is 0 Å². The van der Waals surface area contributed by atoms with Gasteiger partial charge in [-0.1, -0.05) is 41.9 Å². The summed E-state index contributed by atoms with van der Waals surface area (Å²) in [7, 11) is 0. The van der Waals surface area contributed by atoms with E-state index in [-0.39, 0.29) is 24.5 Å². The number of carbonyl (C=O) groups excluding carboxylic acids is 1. The Labute approximate surface area is 110 Å². The van der Waals surface area contributed by atoms with Crippen LogP contribution in [0.3, 0.4) is 0 Å². The van der Waals surface area contributed by atoms with Gasteiger partial charge in [-0.15, -0.1) is 0 Å². The monoisotopic (exact) mass is 299 g/mol. The highest BCUT2D eigenvalue weighted by Crippen LogP contribution is 2.11. The predicted octanol–water partition coefficient (Wildman–Crippen LogP) is 2.12. The van der Waals surface area contributed by atoms with E-state index in [2.05, 4.69) is 21.2 Å². The topological polar surface area (TPSA) is 49.3 Å². The second kappa shape index (κ2) is 6.77. The van der Waals surface area contributed by atoms with Gasteiger partial charge in [0, 0.05) is 4.47 Å². The van der Waals surface area contributed by atoms with Gasteiger partial charge in [0.25, 0.3) is 0 Å². The van der Waals surface area contributed by atoms with Crippen molar-refractivity contribution in [3.05, 3.63) is 34.3 Å². The lowest BCUT2D eigenvalue weighted by Gasteiger charge is -2.19. The van der Waals surface area contributed by atoms with Crippen LogP contribution in [-0.2, 0) is 11.2 Å². The van der Waals surface area contributed by atoms with Crippen LogP contribution < -0.4 is 5.32 Å². The maximum atomic E-state index is 11.7. The third-order valence-electron chi connectivity index (χ3n) is 2.63. The van der Waals surface area contributed by atoms with Crippen LogP contribution >= 0.6 is 15.9 Å². The van der Waals surface area contributed by atoms with Gasteiger partial charge in [-0.2, -0.15) is 0 Å². The summed E-state index contributed by atoms with van der Waals surface area (Å²) >= 11 is 3.35. The van der Waals surface area contributed by atoms with E-state index in [1.54, 1.807) is 0 Å². The first-order chi connectivity index (χ1) is 8.02. The van der Waals surface area contributed by atoms with Crippen molar-refractivity contribution in [3.63, 3.8) is 0 Å². The molecule has 1 aromatic carbocycles. The van der Waals surface area contributed by atoms with E-state index < -0.39 is 0 Å². The van der Waals surface area contributed by atoms with Crippen LogP contribution in [0.25, 0.3) is 0 Å². The normalized spacial score (nSPS) is 12.5. The summed E-state index contributed by atoms with van der Waals surface area (Å²) in [5.41, 5.74) is 0.964. The van der Waals surface area contributed by atoms with Crippen molar-refractivity contribution in [1.29, 1.82) is 0 Å². The van der Waals surface area contributed by atoms with Crippen molar-refractivity contribution in [2.45, 2.75) is 26.3 Å². The van der Waals surface area contributed by atoms with Gasteiger partial charge in [0.2, 0.25) is 5.91 Å². The molecular weight excluding hydrogens is 282 g/mol. The molecule has 0 aliphatic heterocycles. The Hall–Kier alpha value is -0.870. The van der Waals surface area contributed by atoms with Crippen molar-refractivity contribution in [1.82, 2.24) is 5.32 Å². The number of amides is 1. The van der Waals surface area contributed by atoms with Gasteiger partial charge in [-0.25, -0.2) is 0 Å². The molecule has 1 rings (SSSR count). The molecule has 0 heterocycles. The number of aliphatic hydroxyl groups excluding tert-OH is 1. The van der Waals surface area contributed by atoms with Crippen LogP contribution in [0.4, 0.5) is 0 Å². The number of rotatable bonds is 5. The SMILES string of the molecule is CC(C)[C@@H](CO)NC(=O)Cc1ccc(Br)cc1. The van der Waals surface area contributed by atoms with Gasteiger partial charge < -0.3 is 10.4 Å². The molecular formula is C13H18BrNO2. The molecule has 1 amide bonds. The fraction of sp³-hybridized carbons (Fsp3) is 0.462. The highest BCUT2D eigenvalue weighted by atomic mass is 79.9. The lowest BCUT2D eigenvalue weighted by atomic mass is 10.0. The standard InChI is InChI=1S/C13H18BrNO2/c1-9(2)12(8-16)15-13(17)7-10-3-5-11(14)6-4-10/h3-6,9,12,16H,7-8H2,1-2H3,(H,15,17)/t12-/m1/s1. The highest BCUT2D eigenvalue weighted by Gasteiger charge is 2.14. The molecule has 0 bridgehead atoms. The third kappa shape index (κ3) is 4.88. The number of aliphatic hydroxyl groups is 1. The molecule has 94 valence electrons. The van der Waals surface area contributed by atoms with Crippen molar-refractivity contribution in [3.8, 4) is 0 Å². The van der Waals surface area contributed by atoms with Gasteiger partial charge >= 0.3 is 0 Å². The molecule has 0 spiro atoms. The van der Waals surface area contributed by atoms with Crippen molar-refractivity contribution in [2.24, 2.45) is 5.92 Å². The molecule has 1 aromatic rings. The predicted molar refractivity (Wildman–Crippen MR) is 71.7 cm³/mol.